The average molecular weight is 334 g/mol. The van der Waals surface area contributed by atoms with Crippen molar-refractivity contribution in [3.8, 4) is 0 Å². The van der Waals surface area contributed by atoms with Gasteiger partial charge in [-0.1, -0.05) is 0 Å². The van der Waals surface area contributed by atoms with Crippen molar-refractivity contribution in [1.29, 1.82) is 0 Å². The van der Waals surface area contributed by atoms with Crippen LogP contribution in [0.1, 0.15) is 21.1 Å². The fraction of sp³-hybridized carbons (Fsp3) is 0.308. The molecule has 0 fully saturated rings. The van der Waals surface area contributed by atoms with E-state index in [0.717, 1.165) is 22.7 Å². The zero-order chi connectivity index (χ0) is 15.8. The lowest BCUT2D eigenvalue weighted by Crippen LogP contribution is -2.08. The summed E-state index contributed by atoms with van der Waals surface area (Å²) in [5.74, 6) is 0.148. The topological polar surface area (TPSA) is 56.0 Å². The third-order valence-corrected chi connectivity index (χ3v) is 5.56. The van der Waals surface area contributed by atoms with Gasteiger partial charge in [0.25, 0.3) is 0 Å². The second-order valence-electron chi connectivity index (χ2n) is 4.49. The number of benzene rings is 1. The number of aromatic nitrogens is 1. The third-order valence-electron chi connectivity index (χ3n) is 2.91. The summed E-state index contributed by atoms with van der Waals surface area (Å²) in [5.41, 5.74) is 5.50. The fourth-order valence-electron chi connectivity index (χ4n) is 1.72. The van der Waals surface area contributed by atoms with Crippen molar-refractivity contribution >= 4 is 27.8 Å². The molecule has 3 nitrogen and oxygen atoms in total. The van der Waals surface area contributed by atoms with Gasteiger partial charge in [-0.15, -0.1) is 11.3 Å². The van der Waals surface area contributed by atoms with E-state index in [-0.39, 0.29) is 16.3 Å². The second-order valence-corrected chi connectivity index (χ2v) is 7.20. The van der Waals surface area contributed by atoms with Gasteiger partial charge in [0.15, 0.2) is 0 Å². The molecule has 2 rings (SSSR count). The molecular weight excluding hydrogens is 321 g/mol. The quantitative estimate of drug-likeness (QED) is 0.872. The highest BCUT2D eigenvalue weighted by Gasteiger charge is 2.31. The summed E-state index contributed by atoms with van der Waals surface area (Å²) < 4.78 is 49.9. The van der Waals surface area contributed by atoms with E-state index < -0.39 is 22.5 Å². The second kappa shape index (κ2) is 5.76. The zero-order valence-corrected chi connectivity index (χ0v) is 13.0. The van der Waals surface area contributed by atoms with Gasteiger partial charge in [-0.05, 0) is 32.0 Å². The van der Waals surface area contributed by atoms with E-state index in [1.54, 1.807) is 0 Å². The third kappa shape index (κ3) is 3.62. The molecule has 1 atom stereocenters. The van der Waals surface area contributed by atoms with Crippen molar-refractivity contribution in [2.75, 3.05) is 5.73 Å². The highest BCUT2D eigenvalue weighted by molar-refractivity contribution is 7.84. The Bertz CT molecular complexity index is 676. The summed E-state index contributed by atoms with van der Waals surface area (Å²) in [4.78, 5) is 5.50. The number of nitrogens with two attached hydrogens (primary N) is 1. The number of nitrogen functional groups attached to an aromatic ring is 1. The van der Waals surface area contributed by atoms with Gasteiger partial charge in [-0.3, -0.25) is 4.21 Å². The Balaban J connectivity index is 2.23. The van der Waals surface area contributed by atoms with Crippen LogP contribution in [0.2, 0.25) is 0 Å². The molecule has 0 aliphatic rings. The van der Waals surface area contributed by atoms with E-state index in [1.807, 2.05) is 13.8 Å². The maximum atomic E-state index is 12.6. The molecule has 0 saturated carbocycles. The number of aryl methyl sites for hydroxylation is 2. The van der Waals surface area contributed by atoms with Gasteiger partial charge >= 0.3 is 6.18 Å². The lowest BCUT2D eigenvalue weighted by molar-refractivity contribution is -0.137. The molecule has 2 aromatic rings. The van der Waals surface area contributed by atoms with Crippen LogP contribution < -0.4 is 5.73 Å². The van der Waals surface area contributed by atoms with Crippen molar-refractivity contribution < 1.29 is 17.4 Å². The first-order valence-corrected chi connectivity index (χ1v) is 8.10. The minimum Gasteiger partial charge on any atom is -0.398 e. The van der Waals surface area contributed by atoms with E-state index in [9.17, 15) is 17.4 Å². The van der Waals surface area contributed by atoms with Gasteiger partial charge in [0.2, 0.25) is 0 Å². The Hall–Kier alpha value is -1.41. The van der Waals surface area contributed by atoms with Crippen LogP contribution in [-0.2, 0) is 22.7 Å². The number of anilines is 1. The van der Waals surface area contributed by atoms with Crippen LogP contribution in [0.5, 0.6) is 0 Å². The van der Waals surface area contributed by atoms with Crippen LogP contribution in [0, 0.1) is 13.8 Å². The molecule has 0 aliphatic carbocycles. The summed E-state index contributed by atoms with van der Waals surface area (Å²) in [6.45, 7) is 3.76. The van der Waals surface area contributed by atoms with Crippen molar-refractivity contribution in [3.63, 3.8) is 0 Å². The van der Waals surface area contributed by atoms with Crippen LogP contribution in [0.3, 0.4) is 0 Å². The number of rotatable bonds is 3. The predicted octanol–water partition coefficient (Wildman–Crippen LogP) is 3.67. The van der Waals surface area contributed by atoms with E-state index in [4.69, 9.17) is 5.73 Å². The van der Waals surface area contributed by atoms with Crippen molar-refractivity contribution in [2.24, 2.45) is 0 Å². The zero-order valence-electron chi connectivity index (χ0n) is 11.3. The Morgan fingerprint density at radius 3 is 2.48 bits per heavy atom. The summed E-state index contributed by atoms with van der Waals surface area (Å²) in [7, 11) is -1.52. The fourth-order valence-corrected chi connectivity index (χ4v) is 4.00. The summed E-state index contributed by atoms with van der Waals surface area (Å²) in [6, 6.07) is 2.87. The molecule has 0 radical (unpaired) electrons. The monoisotopic (exact) mass is 334 g/mol. The van der Waals surface area contributed by atoms with Gasteiger partial charge in [-0.2, -0.15) is 13.2 Å². The van der Waals surface area contributed by atoms with Crippen molar-refractivity contribution in [1.82, 2.24) is 4.98 Å². The molecule has 0 bridgehead atoms. The lowest BCUT2D eigenvalue weighted by Gasteiger charge is -2.10. The van der Waals surface area contributed by atoms with E-state index in [0.29, 0.717) is 5.01 Å². The molecule has 0 amide bonds. The highest BCUT2D eigenvalue weighted by atomic mass is 32.2. The number of hydrogen-bond acceptors (Lipinski definition) is 4. The van der Waals surface area contributed by atoms with Gasteiger partial charge in [0, 0.05) is 10.6 Å². The molecule has 1 unspecified atom stereocenters. The molecular formula is C13H13F3N2OS2. The maximum absolute atomic E-state index is 12.6. The number of alkyl halides is 3. The molecule has 2 N–H and O–H groups in total. The molecule has 1 aromatic heterocycles. The van der Waals surface area contributed by atoms with Gasteiger partial charge < -0.3 is 5.73 Å². The Morgan fingerprint density at radius 1 is 1.33 bits per heavy atom. The summed E-state index contributed by atoms with van der Waals surface area (Å²) in [5, 5.41) is 0.683. The molecule has 0 aliphatic heterocycles. The molecule has 1 aromatic carbocycles. The SMILES string of the molecule is Cc1nc(CS(=O)c2ccc(C(F)(F)F)cc2N)sc1C. The molecule has 114 valence electrons. The maximum Gasteiger partial charge on any atom is 0.416 e. The van der Waals surface area contributed by atoms with Crippen molar-refractivity contribution in [3.05, 3.63) is 39.3 Å². The van der Waals surface area contributed by atoms with Gasteiger partial charge in [0.1, 0.15) is 5.01 Å². The van der Waals surface area contributed by atoms with Crippen LogP contribution in [0.15, 0.2) is 23.1 Å². The smallest absolute Gasteiger partial charge is 0.398 e. The number of thiazole rings is 1. The number of halogens is 3. The van der Waals surface area contributed by atoms with Crippen LogP contribution in [0.25, 0.3) is 0 Å². The predicted molar refractivity (Wildman–Crippen MR) is 77.6 cm³/mol. The first-order chi connectivity index (χ1) is 9.68. The first-order valence-electron chi connectivity index (χ1n) is 5.96. The van der Waals surface area contributed by atoms with Gasteiger partial charge in [-0.25, -0.2) is 4.98 Å². The average Bonchev–Trinajstić information content (AvgIpc) is 2.66. The van der Waals surface area contributed by atoms with E-state index >= 15 is 0 Å². The Morgan fingerprint density at radius 2 is 2.00 bits per heavy atom. The first kappa shape index (κ1) is 16.0. The molecule has 0 saturated heterocycles. The Labute approximate surface area is 126 Å². The minimum absolute atomic E-state index is 0.117. The van der Waals surface area contributed by atoms with E-state index in [2.05, 4.69) is 4.98 Å². The van der Waals surface area contributed by atoms with Crippen LogP contribution in [-0.4, -0.2) is 9.19 Å². The van der Waals surface area contributed by atoms with Crippen LogP contribution in [0.4, 0.5) is 18.9 Å². The van der Waals surface area contributed by atoms with Crippen molar-refractivity contribution in [2.45, 2.75) is 30.7 Å². The summed E-state index contributed by atoms with van der Waals surface area (Å²) in [6.07, 6.45) is -4.46. The van der Waals surface area contributed by atoms with E-state index in [1.165, 1.54) is 17.4 Å². The molecule has 8 heteroatoms. The Kier molecular flexibility index (Phi) is 4.38. The molecule has 0 spiro atoms. The highest BCUT2D eigenvalue weighted by Crippen LogP contribution is 2.32. The normalized spacial score (nSPS) is 13.4. The number of nitrogens with zero attached hydrogens (tertiary/aromatic N) is 1. The standard InChI is InChI=1S/C13H13F3N2OS2/c1-7-8(2)20-12(18-7)6-21(19)11-4-3-9(5-10(11)17)13(14,15)16/h3-5H,6,17H2,1-2H3. The lowest BCUT2D eigenvalue weighted by atomic mass is 10.2. The molecule has 1 heterocycles. The minimum atomic E-state index is -4.46. The summed E-state index contributed by atoms with van der Waals surface area (Å²) >= 11 is 1.43. The molecule has 21 heavy (non-hydrogen) atoms. The number of hydrogen-bond donors (Lipinski definition) is 1. The van der Waals surface area contributed by atoms with Crippen LogP contribution >= 0.6 is 11.3 Å². The largest absolute Gasteiger partial charge is 0.416 e. The van der Waals surface area contributed by atoms with Gasteiger partial charge in [0.05, 0.1) is 32.7 Å².